The summed E-state index contributed by atoms with van der Waals surface area (Å²) in [5.41, 5.74) is 0.264. The number of hydrogen-bond acceptors (Lipinski definition) is 7. The summed E-state index contributed by atoms with van der Waals surface area (Å²) in [6.07, 6.45) is 7.14. The number of aromatic hydroxyl groups is 1. The van der Waals surface area contributed by atoms with Gasteiger partial charge < -0.3 is 10.0 Å². The van der Waals surface area contributed by atoms with Crippen LogP contribution < -0.4 is 10.2 Å². The van der Waals surface area contributed by atoms with Crippen LogP contribution >= 0.6 is 0 Å². The molecule has 8 nitrogen and oxygen atoms in total. The standard InChI is InChI=1S/C22H23F2N7O/c1-21-6-7-22(2,29-21)19(24)17(9-21)30(3)20-25-11-16(27-28-20)15-5-4-14(8-18(15)32)31-12-13(23)10-26-31/h4-8,10-12,17,19,29,32H,9H2,1-3H3/t17-,19-,21-,22+/m0/s1. The van der Waals surface area contributed by atoms with Crippen LogP contribution in [0.15, 0.2) is 48.9 Å². The molecule has 3 aromatic rings. The molecule has 0 amide bonds. The smallest absolute Gasteiger partial charge is 0.245 e. The Morgan fingerprint density at radius 2 is 2.03 bits per heavy atom. The second kappa shape index (κ2) is 7.06. The van der Waals surface area contributed by atoms with Gasteiger partial charge in [-0.05, 0) is 32.4 Å². The van der Waals surface area contributed by atoms with Crippen molar-refractivity contribution < 1.29 is 13.9 Å². The van der Waals surface area contributed by atoms with Crippen molar-refractivity contribution in [1.82, 2.24) is 30.3 Å². The average Bonchev–Trinajstić information content (AvgIpc) is 3.32. The largest absolute Gasteiger partial charge is 0.507 e. The maximum absolute atomic E-state index is 15.3. The lowest BCUT2D eigenvalue weighted by Gasteiger charge is -2.47. The van der Waals surface area contributed by atoms with Crippen LogP contribution in [0.5, 0.6) is 5.75 Å². The van der Waals surface area contributed by atoms with E-state index >= 15 is 4.39 Å². The molecule has 5 rings (SSSR count). The van der Waals surface area contributed by atoms with Crippen LogP contribution in [0.3, 0.4) is 0 Å². The Hall–Kier alpha value is -3.40. The molecule has 0 unspecified atom stereocenters. The lowest BCUT2D eigenvalue weighted by atomic mass is 9.81. The molecule has 1 fully saturated rings. The summed E-state index contributed by atoms with van der Waals surface area (Å²) >= 11 is 0. The second-order valence-corrected chi connectivity index (χ2v) is 8.89. The first kappa shape index (κ1) is 20.5. The average molecular weight is 439 g/mol. The van der Waals surface area contributed by atoms with Gasteiger partial charge in [0.05, 0.1) is 35.9 Å². The molecular formula is C22H23F2N7O. The quantitative estimate of drug-likeness (QED) is 0.604. The molecule has 0 radical (unpaired) electrons. The Kier molecular flexibility index (Phi) is 4.52. The Morgan fingerprint density at radius 3 is 2.69 bits per heavy atom. The van der Waals surface area contributed by atoms with Crippen LogP contribution in [-0.2, 0) is 0 Å². The number of nitrogens with zero attached hydrogens (tertiary/aromatic N) is 6. The minimum atomic E-state index is -1.15. The molecule has 0 saturated carbocycles. The first-order valence-corrected chi connectivity index (χ1v) is 10.3. The van der Waals surface area contributed by atoms with Gasteiger partial charge in [-0.1, -0.05) is 12.2 Å². The molecule has 4 atom stereocenters. The number of fused-ring (bicyclic) bond motifs is 2. The lowest BCUT2D eigenvalue weighted by Crippen LogP contribution is -2.66. The summed E-state index contributed by atoms with van der Waals surface area (Å²) in [6.45, 7) is 3.90. The summed E-state index contributed by atoms with van der Waals surface area (Å²) < 4.78 is 29.8. The van der Waals surface area contributed by atoms with E-state index < -0.39 is 23.6 Å². The number of phenols is 1. The van der Waals surface area contributed by atoms with Gasteiger partial charge in [0.2, 0.25) is 5.95 Å². The molecule has 10 heteroatoms. The minimum absolute atomic E-state index is 0.0683. The number of halogens is 2. The van der Waals surface area contributed by atoms with Crippen molar-refractivity contribution in [3.63, 3.8) is 0 Å². The van der Waals surface area contributed by atoms with Crippen molar-refractivity contribution in [3.8, 4) is 22.7 Å². The van der Waals surface area contributed by atoms with E-state index in [9.17, 15) is 9.50 Å². The van der Waals surface area contributed by atoms with Crippen molar-refractivity contribution in [3.05, 3.63) is 54.8 Å². The first-order valence-electron chi connectivity index (χ1n) is 10.3. The summed E-state index contributed by atoms with van der Waals surface area (Å²) in [5, 5.41) is 26.1. The maximum atomic E-state index is 15.3. The summed E-state index contributed by atoms with van der Waals surface area (Å²) in [5.74, 6) is -0.237. The van der Waals surface area contributed by atoms with Crippen molar-refractivity contribution in [1.29, 1.82) is 0 Å². The number of benzene rings is 1. The summed E-state index contributed by atoms with van der Waals surface area (Å²) in [4.78, 5) is 6.10. The molecule has 2 aromatic heterocycles. The van der Waals surface area contributed by atoms with Crippen molar-refractivity contribution in [2.24, 2.45) is 0 Å². The van der Waals surface area contributed by atoms with Crippen LogP contribution in [0, 0.1) is 5.82 Å². The van der Waals surface area contributed by atoms with Gasteiger partial charge in [0.25, 0.3) is 0 Å². The molecule has 32 heavy (non-hydrogen) atoms. The number of anilines is 1. The number of nitrogens with one attached hydrogen (secondary N) is 1. The SMILES string of the molecule is CN(c1ncc(-c2ccc(-n3cc(F)cn3)cc2O)nn1)[C@H]1C[C@]2(C)C=C[C@@](C)(N2)[C@H]1F. The van der Waals surface area contributed by atoms with Gasteiger partial charge in [0.15, 0.2) is 5.82 Å². The van der Waals surface area contributed by atoms with E-state index in [1.807, 2.05) is 26.0 Å². The first-order chi connectivity index (χ1) is 15.2. The highest BCUT2D eigenvalue weighted by Crippen LogP contribution is 2.41. The van der Waals surface area contributed by atoms with Crippen LogP contribution in [0.1, 0.15) is 20.3 Å². The molecule has 2 aliphatic heterocycles. The third kappa shape index (κ3) is 3.31. The van der Waals surface area contributed by atoms with Gasteiger partial charge in [0.1, 0.15) is 17.6 Å². The van der Waals surface area contributed by atoms with E-state index in [2.05, 4.69) is 25.6 Å². The molecule has 166 valence electrons. The molecule has 0 aliphatic carbocycles. The number of aromatic nitrogens is 5. The summed E-state index contributed by atoms with van der Waals surface area (Å²) in [6, 6.07) is 4.34. The van der Waals surface area contributed by atoms with E-state index in [1.165, 1.54) is 23.1 Å². The van der Waals surface area contributed by atoms with Crippen LogP contribution in [0.2, 0.25) is 0 Å². The molecule has 4 heterocycles. The van der Waals surface area contributed by atoms with E-state index in [-0.39, 0.29) is 11.3 Å². The van der Waals surface area contributed by atoms with Crippen LogP contribution in [-0.4, -0.2) is 60.4 Å². The predicted molar refractivity (Wildman–Crippen MR) is 115 cm³/mol. The number of hydrogen-bond donors (Lipinski definition) is 2. The molecule has 2 bridgehead atoms. The Balaban J connectivity index is 1.37. The maximum Gasteiger partial charge on any atom is 0.245 e. The van der Waals surface area contributed by atoms with Crippen molar-refractivity contribution in [2.75, 3.05) is 11.9 Å². The fraction of sp³-hybridized carbons (Fsp3) is 0.364. The predicted octanol–water partition coefficient (Wildman–Crippen LogP) is 2.79. The van der Waals surface area contributed by atoms with Gasteiger partial charge in [-0.25, -0.2) is 18.4 Å². The van der Waals surface area contributed by atoms with E-state index in [0.717, 1.165) is 6.20 Å². The van der Waals surface area contributed by atoms with Gasteiger partial charge in [0, 0.05) is 24.2 Å². The van der Waals surface area contributed by atoms with Gasteiger partial charge >= 0.3 is 0 Å². The molecular weight excluding hydrogens is 416 g/mol. The monoisotopic (exact) mass is 439 g/mol. The second-order valence-electron chi connectivity index (χ2n) is 8.89. The third-order valence-corrected chi connectivity index (χ3v) is 6.33. The molecule has 1 saturated heterocycles. The number of alkyl halides is 1. The highest BCUT2D eigenvalue weighted by atomic mass is 19.1. The Labute approximate surface area is 183 Å². The van der Waals surface area contributed by atoms with Gasteiger partial charge in [-0.2, -0.15) is 5.10 Å². The zero-order chi connectivity index (χ0) is 22.7. The molecule has 1 aromatic carbocycles. The highest BCUT2D eigenvalue weighted by Gasteiger charge is 2.53. The van der Waals surface area contributed by atoms with E-state index in [0.29, 0.717) is 29.3 Å². The molecule has 2 N–H and O–H groups in total. The Bertz CT molecular complexity index is 1200. The number of piperidine rings is 1. The molecule has 0 spiro atoms. The van der Waals surface area contributed by atoms with Crippen LogP contribution in [0.4, 0.5) is 14.7 Å². The van der Waals surface area contributed by atoms with E-state index in [4.69, 9.17) is 0 Å². The third-order valence-electron chi connectivity index (χ3n) is 6.33. The highest BCUT2D eigenvalue weighted by molar-refractivity contribution is 5.68. The molecule has 2 aliphatic rings. The Morgan fingerprint density at radius 1 is 1.22 bits per heavy atom. The normalized spacial score (nSPS) is 28.8. The van der Waals surface area contributed by atoms with Gasteiger partial charge in [-0.3, -0.25) is 5.32 Å². The lowest BCUT2D eigenvalue weighted by molar-refractivity contribution is 0.0999. The van der Waals surface area contributed by atoms with E-state index in [1.54, 1.807) is 24.1 Å². The van der Waals surface area contributed by atoms with Crippen molar-refractivity contribution in [2.45, 2.75) is 43.6 Å². The number of phenolic OH excluding ortho intramolecular Hbond substituents is 1. The topological polar surface area (TPSA) is 92.0 Å². The minimum Gasteiger partial charge on any atom is -0.507 e. The zero-order valence-electron chi connectivity index (χ0n) is 17.9. The number of rotatable bonds is 4. The van der Waals surface area contributed by atoms with Gasteiger partial charge in [-0.15, -0.1) is 10.2 Å². The fourth-order valence-electron chi connectivity index (χ4n) is 4.63. The zero-order valence-corrected chi connectivity index (χ0v) is 17.9. The van der Waals surface area contributed by atoms with Crippen molar-refractivity contribution >= 4 is 5.95 Å². The fourth-order valence-corrected chi connectivity index (χ4v) is 4.63. The summed E-state index contributed by atoms with van der Waals surface area (Å²) in [7, 11) is 1.76. The van der Waals surface area contributed by atoms with Crippen LogP contribution in [0.25, 0.3) is 16.9 Å².